The third kappa shape index (κ3) is 4.19. The number of benzene rings is 1. The number of aryl methyl sites for hydroxylation is 3. The van der Waals surface area contributed by atoms with Gasteiger partial charge in [0.2, 0.25) is 11.7 Å². The number of amides is 1. The third-order valence-electron chi connectivity index (χ3n) is 6.47. The lowest BCUT2D eigenvalue weighted by atomic mass is 9.76. The Kier molecular flexibility index (Phi) is 5.67. The Labute approximate surface area is 188 Å². The van der Waals surface area contributed by atoms with Crippen molar-refractivity contribution in [2.75, 3.05) is 6.54 Å². The molecule has 0 aliphatic heterocycles. The summed E-state index contributed by atoms with van der Waals surface area (Å²) in [6, 6.07) is 4.10. The van der Waals surface area contributed by atoms with Gasteiger partial charge < -0.3 is 15.6 Å². The van der Waals surface area contributed by atoms with Crippen molar-refractivity contribution in [3.8, 4) is 23.0 Å². The molecular weight excluding hydrogens is 404 g/mol. The van der Waals surface area contributed by atoms with Crippen LogP contribution in [-0.2, 0) is 24.7 Å². The van der Waals surface area contributed by atoms with Crippen LogP contribution in [0.25, 0.3) is 23.0 Å². The van der Waals surface area contributed by atoms with Crippen LogP contribution in [0.3, 0.4) is 0 Å². The van der Waals surface area contributed by atoms with Gasteiger partial charge in [-0.1, -0.05) is 19.0 Å². The molecule has 1 amide bonds. The highest BCUT2D eigenvalue weighted by atomic mass is 16.5. The highest BCUT2D eigenvalue weighted by molar-refractivity contribution is 5.76. The molecule has 1 atom stereocenters. The van der Waals surface area contributed by atoms with Crippen molar-refractivity contribution in [1.29, 1.82) is 0 Å². The number of rotatable bonds is 6. The first-order valence-electron chi connectivity index (χ1n) is 11.1. The maximum Gasteiger partial charge on any atom is 0.279 e. The summed E-state index contributed by atoms with van der Waals surface area (Å²) >= 11 is 0. The first-order valence-corrected chi connectivity index (χ1v) is 11.1. The van der Waals surface area contributed by atoms with E-state index in [0.717, 1.165) is 47.2 Å². The largest absolute Gasteiger partial charge is 0.369 e. The lowest BCUT2D eigenvalue weighted by molar-refractivity contribution is -0.117. The maximum absolute atomic E-state index is 11.1. The van der Waals surface area contributed by atoms with E-state index in [1.807, 2.05) is 32.5 Å². The molecule has 2 heterocycles. The van der Waals surface area contributed by atoms with Crippen LogP contribution in [0.2, 0.25) is 0 Å². The second-order valence-corrected chi connectivity index (χ2v) is 9.75. The number of nitrogens with one attached hydrogen (secondary N) is 1. The smallest absolute Gasteiger partial charge is 0.279 e. The Morgan fingerprint density at radius 2 is 2.00 bits per heavy atom. The standard InChI is InChI=1S/C24H32N6O2/c1-13-9-16(10-14(2)20(13)15(3)26-12-19(25)31)22-27-23(32-29-22)21-17-7-8-24(4,5)11-18(17)30(6)28-21/h9-10,15,26H,7-8,11-12H2,1-6H3,(H2,25,31). The quantitative estimate of drug-likeness (QED) is 0.612. The number of hydrogen-bond acceptors (Lipinski definition) is 6. The molecule has 170 valence electrons. The van der Waals surface area contributed by atoms with E-state index in [1.165, 1.54) is 11.3 Å². The Morgan fingerprint density at radius 3 is 2.66 bits per heavy atom. The third-order valence-corrected chi connectivity index (χ3v) is 6.47. The predicted octanol–water partition coefficient (Wildman–Crippen LogP) is 3.40. The fourth-order valence-electron chi connectivity index (χ4n) is 4.84. The van der Waals surface area contributed by atoms with Gasteiger partial charge in [0.15, 0.2) is 5.69 Å². The van der Waals surface area contributed by atoms with Crippen molar-refractivity contribution in [2.45, 2.75) is 59.9 Å². The predicted molar refractivity (Wildman–Crippen MR) is 123 cm³/mol. The number of carbonyl (C=O) groups is 1. The maximum atomic E-state index is 11.1. The molecular formula is C24H32N6O2. The number of aromatic nitrogens is 4. The molecule has 8 heteroatoms. The van der Waals surface area contributed by atoms with Gasteiger partial charge in [0.25, 0.3) is 5.89 Å². The summed E-state index contributed by atoms with van der Waals surface area (Å²) in [5.41, 5.74) is 13.0. The minimum atomic E-state index is -0.372. The molecule has 1 aliphatic rings. The summed E-state index contributed by atoms with van der Waals surface area (Å²) in [5.74, 6) is 0.641. The minimum Gasteiger partial charge on any atom is -0.369 e. The van der Waals surface area contributed by atoms with Gasteiger partial charge in [0.05, 0.1) is 6.54 Å². The van der Waals surface area contributed by atoms with Crippen LogP contribution < -0.4 is 11.1 Å². The molecule has 3 aromatic rings. The van der Waals surface area contributed by atoms with E-state index < -0.39 is 0 Å². The number of hydrogen-bond donors (Lipinski definition) is 2. The van der Waals surface area contributed by atoms with Gasteiger partial charge in [-0.25, -0.2) is 0 Å². The fourth-order valence-corrected chi connectivity index (χ4v) is 4.84. The topological polar surface area (TPSA) is 112 Å². The summed E-state index contributed by atoms with van der Waals surface area (Å²) in [6.45, 7) is 10.9. The van der Waals surface area contributed by atoms with Gasteiger partial charge >= 0.3 is 0 Å². The average molecular weight is 437 g/mol. The molecule has 3 N–H and O–H groups in total. The Bertz CT molecular complexity index is 1150. The molecule has 8 nitrogen and oxygen atoms in total. The molecule has 1 aromatic carbocycles. The van der Waals surface area contributed by atoms with Gasteiger partial charge in [-0.3, -0.25) is 9.48 Å². The van der Waals surface area contributed by atoms with Crippen molar-refractivity contribution in [3.63, 3.8) is 0 Å². The van der Waals surface area contributed by atoms with Gasteiger partial charge in [-0.2, -0.15) is 10.1 Å². The van der Waals surface area contributed by atoms with E-state index in [9.17, 15) is 4.79 Å². The summed E-state index contributed by atoms with van der Waals surface area (Å²) in [6.07, 6.45) is 3.07. The normalized spacial score (nSPS) is 16.1. The van der Waals surface area contributed by atoms with Gasteiger partial charge in [0.1, 0.15) is 0 Å². The summed E-state index contributed by atoms with van der Waals surface area (Å²) < 4.78 is 7.62. The minimum absolute atomic E-state index is 0.00155. The van der Waals surface area contributed by atoms with E-state index in [4.69, 9.17) is 20.3 Å². The van der Waals surface area contributed by atoms with Crippen molar-refractivity contribution in [3.05, 3.63) is 40.1 Å². The van der Waals surface area contributed by atoms with Crippen LogP contribution in [-0.4, -0.2) is 32.4 Å². The van der Waals surface area contributed by atoms with Crippen LogP contribution in [0.4, 0.5) is 0 Å². The molecule has 0 fully saturated rings. The molecule has 0 saturated carbocycles. The molecule has 4 rings (SSSR count). The molecule has 32 heavy (non-hydrogen) atoms. The second kappa shape index (κ2) is 8.16. The monoisotopic (exact) mass is 436 g/mol. The van der Waals surface area contributed by atoms with Crippen molar-refractivity contribution < 1.29 is 9.32 Å². The lowest BCUT2D eigenvalue weighted by Gasteiger charge is -2.29. The number of primary amides is 1. The van der Waals surface area contributed by atoms with Crippen molar-refractivity contribution >= 4 is 5.91 Å². The number of nitrogens with two attached hydrogens (primary N) is 1. The molecule has 0 spiro atoms. The zero-order valence-corrected chi connectivity index (χ0v) is 19.7. The van der Waals surface area contributed by atoms with E-state index >= 15 is 0 Å². The van der Waals surface area contributed by atoms with E-state index in [1.54, 1.807) is 0 Å². The highest BCUT2D eigenvalue weighted by Gasteiger charge is 2.32. The molecule has 0 saturated heterocycles. The van der Waals surface area contributed by atoms with E-state index in [2.05, 4.69) is 36.5 Å². The number of fused-ring (bicyclic) bond motifs is 1. The Balaban J connectivity index is 1.63. The number of nitrogens with zero attached hydrogens (tertiary/aromatic N) is 4. The first kappa shape index (κ1) is 22.2. The number of carbonyl (C=O) groups excluding carboxylic acids is 1. The molecule has 2 aromatic heterocycles. The summed E-state index contributed by atoms with van der Waals surface area (Å²) in [5, 5.41) is 12.1. The second-order valence-electron chi connectivity index (χ2n) is 9.75. The lowest BCUT2D eigenvalue weighted by Crippen LogP contribution is -2.31. The van der Waals surface area contributed by atoms with Crippen LogP contribution in [0.5, 0.6) is 0 Å². The molecule has 1 aliphatic carbocycles. The fraction of sp³-hybridized carbons (Fsp3) is 0.500. The van der Waals surface area contributed by atoms with Crippen LogP contribution >= 0.6 is 0 Å². The van der Waals surface area contributed by atoms with Crippen molar-refractivity contribution in [2.24, 2.45) is 18.2 Å². The summed E-state index contributed by atoms with van der Waals surface area (Å²) in [7, 11) is 1.99. The van der Waals surface area contributed by atoms with Crippen molar-refractivity contribution in [1.82, 2.24) is 25.2 Å². The molecule has 1 unspecified atom stereocenters. The van der Waals surface area contributed by atoms with Crippen LogP contribution in [0.15, 0.2) is 16.7 Å². The molecule has 0 bridgehead atoms. The molecule has 0 radical (unpaired) electrons. The van der Waals surface area contributed by atoms with Crippen LogP contribution in [0.1, 0.15) is 61.2 Å². The van der Waals surface area contributed by atoms with Gasteiger partial charge in [-0.05, 0) is 74.3 Å². The Morgan fingerprint density at radius 1 is 1.31 bits per heavy atom. The summed E-state index contributed by atoms with van der Waals surface area (Å²) in [4.78, 5) is 15.8. The average Bonchev–Trinajstić information content (AvgIpc) is 3.30. The van der Waals surface area contributed by atoms with E-state index in [-0.39, 0.29) is 23.9 Å². The zero-order chi connectivity index (χ0) is 23.2. The SMILES string of the molecule is Cc1cc(-c2noc(-c3nn(C)c4c3CCC(C)(C)C4)n2)cc(C)c1C(C)NCC(N)=O. The Hall–Kier alpha value is -3.00. The zero-order valence-electron chi connectivity index (χ0n) is 19.7. The van der Waals surface area contributed by atoms with Gasteiger partial charge in [0, 0.05) is 29.9 Å². The van der Waals surface area contributed by atoms with Crippen LogP contribution in [0, 0.1) is 19.3 Å². The van der Waals surface area contributed by atoms with E-state index in [0.29, 0.717) is 11.7 Å². The first-order chi connectivity index (χ1) is 15.1. The van der Waals surface area contributed by atoms with Gasteiger partial charge in [-0.15, -0.1) is 0 Å². The highest BCUT2D eigenvalue weighted by Crippen LogP contribution is 2.38.